The third-order valence-electron chi connectivity index (χ3n) is 2.67. The summed E-state index contributed by atoms with van der Waals surface area (Å²) in [6, 6.07) is 5.05. The van der Waals surface area contributed by atoms with Crippen molar-refractivity contribution in [3.8, 4) is 5.75 Å². The molecule has 1 aromatic rings. The average molecular weight is 222 g/mol. The number of hydrogen-bond acceptors (Lipinski definition) is 2. The number of carboxylic acids is 1. The van der Waals surface area contributed by atoms with Crippen molar-refractivity contribution in [3.05, 3.63) is 29.3 Å². The maximum Gasteiger partial charge on any atom is 0.335 e. The second-order valence-corrected chi connectivity index (χ2v) is 4.50. The molecule has 1 rings (SSSR count). The van der Waals surface area contributed by atoms with Crippen LogP contribution in [0.3, 0.4) is 0 Å². The molecule has 0 aliphatic heterocycles. The molecule has 16 heavy (non-hydrogen) atoms. The van der Waals surface area contributed by atoms with Crippen molar-refractivity contribution in [2.24, 2.45) is 0 Å². The quantitative estimate of drug-likeness (QED) is 0.850. The molecule has 0 atom stereocenters. The van der Waals surface area contributed by atoms with Crippen LogP contribution >= 0.6 is 0 Å². The summed E-state index contributed by atoms with van der Waals surface area (Å²) in [4.78, 5) is 10.8. The van der Waals surface area contributed by atoms with E-state index >= 15 is 0 Å². The molecule has 0 spiro atoms. The minimum Gasteiger partial charge on any atom is -0.488 e. The highest BCUT2D eigenvalue weighted by molar-refractivity contribution is 5.89. The van der Waals surface area contributed by atoms with Crippen molar-refractivity contribution in [1.82, 2.24) is 0 Å². The van der Waals surface area contributed by atoms with Crippen LogP contribution in [0, 0.1) is 6.92 Å². The van der Waals surface area contributed by atoms with Gasteiger partial charge in [0.1, 0.15) is 11.4 Å². The Morgan fingerprint density at radius 3 is 2.50 bits per heavy atom. The topological polar surface area (TPSA) is 46.5 Å². The van der Waals surface area contributed by atoms with E-state index < -0.39 is 5.97 Å². The van der Waals surface area contributed by atoms with Crippen LogP contribution < -0.4 is 4.74 Å². The molecular formula is C13H18O3. The zero-order chi connectivity index (χ0) is 12.3. The Morgan fingerprint density at radius 1 is 1.44 bits per heavy atom. The number of carbonyl (C=O) groups is 1. The number of aryl methyl sites for hydroxylation is 1. The highest BCUT2D eigenvalue weighted by atomic mass is 16.5. The molecule has 0 unspecified atom stereocenters. The smallest absolute Gasteiger partial charge is 0.335 e. The number of ether oxygens (including phenoxy) is 1. The molecule has 0 aliphatic rings. The van der Waals surface area contributed by atoms with Crippen molar-refractivity contribution in [2.45, 2.75) is 39.7 Å². The van der Waals surface area contributed by atoms with E-state index in [1.165, 1.54) is 0 Å². The second kappa shape index (κ2) is 4.56. The molecule has 0 amide bonds. The summed E-state index contributed by atoms with van der Waals surface area (Å²) >= 11 is 0. The standard InChI is InChI=1S/C13H18O3/c1-5-13(3,4)16-10-6-7-11(12(14)15)9(2)8-10/h6-8H,5H2,1-4H3,(H,14,15). The molecule has 0 heterocycles. The van der Waals surface area contributed by atoms with Gasteiger partial charge in [0, 0.05) is 0 Å². The van der Waals surface area contributed by atoms with Gasteiger partial charge in [0.25, 0.3) is 0 Å². The highest BCUT2D eigenvalue weighted by Gasteiger charge is 2.17. The Hall–Kier alpha value is -1.51. The van der Waals surface area contributed by atoms with Crippen LogP contribution in [0.1, 0.15) is 43.1 Å². The zero-order valence-electron chi connectivity index (χ0n) is 10.2. The monoisotopic (exact) mass is 222 g/mol. The highest BCUT2D eigenvalue weighted by Crippen LogP contribution is 2.23. The first kappa shape index (κ1) is 12.6. The third-order valence-corrected chi connectivity index (χ3v) is 2.67. The fraction of sp³-hybridized carbons (Fsp3) is 0.462. The fourth-order valence-electron chi connectivity index (χ4n) is 1.33. The molecule has 0 aromatic heterocycles. The second-order valence-electron chi connectivity index (χ2n) is 4.50. The normalized spacial score (nSPS) is 11.2. The summed E-state index contributed by atoms with van der Waals surface area (Å²) < 4.78 is 5.77. The number of hydrogen-bond donors (Lipinski definition) is 1. The van der Waals surface area contributed by atoms with E-state index in [9.17, 15) is 4.79 Å². The van der Waals surface area contributed by atoms with Crippen molar-refractivity contribution in [1.29, 1.82) is 0 Å². The molecule has 88 valence electrons. The van der Waals surface area contributed by atoms with Gasteiger partial charge in [-0.15, -0.1) is 0 Å². The molecule has 0 saturated heterocycles. The predicted octanol–water partition coefficient (Wildman–Crippen LogP) is 3.26. The molecule has 1 aromatic carbocycles. The molecule has 3 heteroatoms. The Bertz CT molecular complexity index is 394. The minimum absolute atomic E-state index is 0.225. The lowest BCUT2D eigenvalue weighted by atomic mass is 10.1. The van der Waals surface area contributed by atoms with Crippen LogP contribution in [0.4, 0.5) is 0 Å². The molecule has 0 radical (unpaired) electrons. The van der Waals surface area contributed by atoms with Gasteiger partial charge in [0.2, 0.25) is 0 Å². The maximum atomic E-state index is 10.8. The summed E-state index contributed by atoms with van der Waals surface area (Å²) in [6.45, 7) is 7.84. The predicted molar refractivity (Wildman–Crippen MR) is 63.1 cm³/mol. The van der Waals surface area contributed by atoms with E-state index in [2.05, 4.69) is 6.92 Å². The molecule has 1 N–H and O–H groups in total. The van der Waals surface area contributed by atoms with E-state index in [1.54, 1.807) is 25.1 Å². The Labute approximate surface area is 96.1 Å². The number of carboxylic acid groups (broad SMARTS) is 1. The molecule has 3 nitrogen and oxygen atoms in total. The van der Waals surface area contributed by atoms with Gasteiger partial charge >= 0.3 is 5.97 Å². The van der Waals surface area contributed by atoms with Crippen LogP contribution in [0.15, 0.2) is 18.2 Å². The van der Waals surface area contributed by atoms with E-state index in [0.717, 1.165) is 12.0 Å². The van der Waals surface area contributed by atoms with Crippen LogP contribution in [-0.4, -0.2) is 16.7 Å². The number of rotatable bonds is 4. The molecule has 0 saturated carbocycles. The minimum atomic E-state index is -0.904. The van der Waals surface area contributed by atoms with Gasteiger partial charge in [-0.25, -0.2) is 4.79 Å². The van der Waals surface area contributed by atoms with Crippen LogP contribution in [0.25, 0.3) is 0 Å². The average Bonchev–Trinajstić information content (AvgIpc) is 2.16. The number of aromatic carboxylic acids is 1. The van der Waals surface area contributed by atoms with Gasteiger partial charge in [-0.05, 0) is 51.0 Å². The van der Waals surface area contributed by atoms with Crippen molar-refractivity contribution >= 4 is 5.97 Å². The lowest BCUT2D eigenvalue weighted by Gasteiger charge is -2.25. The SMILES string of the molecule is CCC(C)(C)Oc1ccc(C(=O)O)c(C)c1. The fourth-order valence-corrected chi connectivity index (χ4v) is 1.33. The first-order chi connectivity index (χ1) is 7.35. The lowest BCUT2D eigenvalue weighted by molar-refractivity contribution is 0.0696. The number of benzene rings is 1. The summed E-state index contributed by atoms with van der Waals surface area (Å²) in [5.41, 5.74) is 0.815. The van der Waals surface area contributed by atoms with Gasteiger partial charge < -0.3 is 9.84 Å². The summed E-state index contributed by atoms with van der Waals surface area (Å²) in [6.07, 6.45) is 0.896. The molecule has 0 fully saturated rings. The van der Waals surface area contributed by atoms with Gasteiger partial charge in [-0.2, -0.15) is 0 Å². The van der Waals surface area contributed by atoms with Gasteiger partial charge in [-0.1, -0.05) is 6.92 Å². The van der Waals surface area contributed by atoms with Gasteiger partial charge in [0.05, 0.1) is 5.56 Å². The largest absolute Gasteiger partial charge is 0.488 e. The molecule has 0 aliphatic carbocycles. The van der Waals surface area contributed by atoms with Gasteiger partial charge in [0.15, 0.2) is 0 Å². The Kier molecular flexibility index (Phi) is 3.58. The summed E-state index contributed by atoms with van der Waals surface area (Å²) in [5, 5.41) is 8.89. The molecular weight excluding hydrogens is 204 g/mol. The lowest BCUT2D eigenvalue weighted by Crippen LogP contribution is -2.26. The maximum absolute atomic E-state index is 10.8. The Balaban J connectivity index is 2.94. The van der Waals surface area contributed by atoms with Gasteiger partial charge in [-0.3, -0.25) is 0 Å². The van der Waals surface area contributed by atoms with E-state index in [-0.39, 0.29) is 5.60 Å². The van der Waals surface area contributed by atoms with E-state index in [1.807, 2.05) is 13.8 Å². The first-order valence-corrected chi connectivity index (χ1v) is 5.38. The van der Waals surface area contributed by atoms with Crippen LogP contribution in [0.2, 0.25) is 0 Å². The summed E-state index contributed by atoms with van der Waals surface area (Å²) in [7, 11) is 0. The van der Waals surface area contributed by atoms with E-state index in [4.69, 9.17) is 9.84 Å². The molecule has 0 bridgehead atoms. The third kappa shape index (κ3) is 2.99. The summed E-state index contributed by atoms with van der Waals surface area (Å²) in [5.74, 6) is -0.187. The van der Waals surface area contributed by atoms with Crippen LogP contribution in [0.5, 0.6) is 5.75 Å². The first-order valence-electron chi connectivity index (χ1n) is 5.38. The van der Waals surface area contributed by atoms with Crippen molar-refractivity contribution in [3.63, 3.8) is 0 Å². The Morgan fingerprint density at radius 2 is 2.06 bits per heavy atom. The van der Waals surface area contributed by atoms with E-state index in [0.29, 0.717) is 11.3 Å². The zero-order valence-corrected chi connectivity index (χ0v) is 10.2. The van der Waals surface area contributed by atoms with Crippen LogP contribution in [-0.2, 0) is 0 Å². The van der Waals surface area contributed by atoms with Crippen molar-refractivity contribution < 1.29 is 14.6 Å². The van der Waals surface area contributed by atoms with Crippen molar-refractivity contribution in [2.75, 3.05) is 0 Å².